The molecule has 1 aliphatic rings. The number of aryl methyl sites for hydroxylation is 1. The number of hydrogen-bond acceptors (Lipinski definition) is 4. The summed E-state index contributed by atoms with van der Waals surface area (Å²) < 4.78 is 1.56. The molecule has 3 aromatic carbocycles. The highest BCUT2D eigenvalue weighted by atomic mass is 35.5. The Hall–Kier alpha value is -3.57. The molecule has 154 valence electrons. The topological polar surface area (TPSA) is 57.8 Å². The van der Waals surface area contributed by atoms with Crippen LogP contribution in [0.4, 0.5) is 5.69 Å². The molecule has 0 spiro atoms. The molecule has 2 heterocycles. The Morgan fingerprint density at radius 2 is 1.65 bits per heavy atom. The molecule has 6 heteroatoms. The van der Waals surface area contributed by atoms with Gasteiger partial charge < -0.3 is 9.67 Å². The van der Waals surface area contributed by atoms with Crippen LogP contribution in [-0.2, 0) is 7.05 Å². The molecule has 0 radical (unpaired) electrons. The third-order valence-electron chi connectivity index (χ3n) is 5.75. The number of benzene rings is 3. The maximum atomic E-state index is 13.2. The molecule has 31 heavy (non-hydrogen) atoms. The highest BCUT2D eigenvalue weighted by Crippen LogP contribution is 2.38. The van der Waals surface area contributed by atoms with Crippen molar-refractivity contribution in [1.29, 1.82) is 0 Å². The number of rotatable bonds is 3. The number of nitrogens with zero attached hydrogens (tertiary/aromatic N) is 3. The Bertz CT molecular complexity index is 1360. The maximum absolute atomic E-state index is 13.2. The minimum atomic E-state index is -0.264. The predicted octanol–water partition coefficient (Wildman–Crippen LogP) is 5.25. The third kappa shape index (κ3) is 3.27. The monoisotopic (exact) mass is 429 g/mol. The fourth-order valence-corrected chi connectivity index (χ4v) is 4.29. The molecule has 4 aromatic rings. The molecule has 5 nitrogen and oxygen atoms in total. The van der Waals surface area contributed by atoms with E-state index >= 15 is 0 Å². The molecule has 0 fully saturated rings. The van der Waals surface area contributed by atoms with Crippen molar-refractivity contribution < 1.29 is 5.11 Å². The van der Waals surface area contributed by atoms with Crippen molar-refractivity contribution >= 4 is 33.9 Å². The number of pyridine rings is 1. The Morgan fingerprint density at radius 1 is 0.968 bits per heavy atom. The lowest BCUT2D eigenvalue weighted by Gasteiger charge is -2.24. The maximum Gasteiger partial charge on any atom is 0.263 e. The summed E-state index contributed by atoms with van der Waals surface area (Å²) in [6.45, 7) is 0. The van der Waals surface area contributed by atoms with E-state index in [2.05, 4.69) is 0 Å². The molecule has 0 bridgehead atoms. The van der Waals surface area contributed by atoms with Crippen LogP contribution >= 0.6 is 11.6 Å². The van der Waals surface area contributed by atoms with E-state index in [4.69, 9.17) is 16.7 Å². The normalized spacial score (nSPS) is 16.0. The van der Waals surface area contributed by atoms with Gasteiger partial charge in [-0.1, -0.05) is 54.1 Å². The van der Waals surface area contributed by atoms with E-state index in [1.54, 1.807) is 11.6 Å². The van der Waals surface area contributed by atoms with E-state index in [9.17, 15) is 9.90 Å². The van der Waals surface area contributed by atoms with Crippen molar-refractivity contribution in [1.82, 2.24) is 4.57 Å². The van der Waals surface area contributed by atoms with Crippen LogP contribution in [0, 0.1) is 0 Å². The molecular weight excluding hydrogens is 410 g/mol. The lowest BCUT2D eigenvalue weighted by atomic mass is 9.97. The minimum Gasteiger partial charge on any atom is -0.506 e. The summed E-state index contributed by atoms with van der Waals surface area (Å²) in [7, 11) is 1.72. The smallest absolute Gasteiger partial charge is 0.263 e. The highest BCUT2D eigenvalue weighted by Gasteiger charge is 2.33. The predicted molar refractivity (Wildman–Crippen MR) is 125 cm³/mol. The van der Waals surface area contributed by atoms with Crippen LogP contribution in [0.5, 0.6) is 5.75 Å². The van der Waals surface area contributed by atoms with Crippen LogP contribution in [0.15, 0.2) is 88.8 Å². The van der Waals surface area contributed by atoms with E-state index in [0.717, 1.165) is 11.3 Å². The van der Waals surface area contributed by atoms with Gasteiger partial charge in [-0.2, -0.15) is 5.10 Å². The first-order chi connectivity index (χ1) is 15.0. The summed E-state index contributed by atoms with van der Waals surface area (Å²) in [5.41, 5.74) is 3.17. The summed E-state index contributed by atoms with van der Waals surface area (Å²) in [6.07, 6.45) is 0.484. The zero-order chi connectivity index (χ0) is 21.5. The van der Waals surface area contributed by atoms with Crippen LogP contribution in [-0.4, -0.2) is 15.4 Å². The number of hydrogen-bond donors (Lipinski definition) is 1. The Labute approximate surface area is 184 Å². The summed E-state index contributed by atoms with van der Waals surface area (Å²) in [6, 6.07) is 24.7. The fourth-order valence-electron chi connectivity index (χ4n) is 4.16. The summed E-state index contributed by atoms with van der Waals surface area (Å²) >= 11 is 6.09. The molecular formula is C25H20ClN3O2. The summed E-state index contributed by atoms with van der Waals surface area (Å²) in [5.74, 6) is -0.0257. The van der Waals surface area contributed by atoms with Gasteiger partial charge in [0, 0.05) is 23.9 Å². The first kappa shape index (κ1) is 19.4. The van der Waals surface area contributed by atoms with Crippen molar-refractivity contribution in [2.75, 3.05) is 5.01 Å². The Balaban J connectivity index is 1.68. The van der Waals surface area contributed by atoms with Gasteiger partial charge in [-0.25, -0.2) is 0 Å². The first-order valence-electron chi connectivity index (χ1n) is 10.0. The largest absolute Gasteiger partial charge is 0.506 e. The first-order valence-corrected chi connectivity index (χ1v) is 10.4. The van der Waals surface area contributed by atoms with Gasteiger partial charge in [0.2, 0.25) is 0 Å². The standard InChI is InChI=1S/C25H20ClN3O2/c1-28-21-10-6-5-9-19(21)24(30)23(25(28)31)20-15-22(16-11-13-17(26)14-12-16)29(27-20)18-7-3-2-4-8-18/h2-14,22,30H,15H2,1H3/t22-/m0/s1. The number of aromatic hydroxyl groups is 1. The lowest BCUT2D eigenvalue weighted by Crippen LogP contribution is -2.24. The molecule has 1 atom stereocenters. The van der Waals surface area contributed by atoms with Gasteiger partial charge in [-0.3, -0.25) is 9.80 Å². The lowest BCUT2D eigenvalue weighted by molar-refractivity contribution is 0.478. The van der Waals surface area contributed by atoms with E-state index in [-0.39, 0.29) is 22.9 Å². The molecule has 0 aliphatic carbocycles. The number of fused-ring (bicyclic) bond motifs is 1. The third-order valence-corrected chi connectivity index (χ3v) is 6.00. The molecule has 1 aliphatic heterocycles. The zero-order valence-corrected chi connectivity index (χ0v) is 17.6. The van der Waals surface area contributed by atoms with Gasteiger partial charge in [-0.05, 0) is 42.0 Å². The molecule has 0 saturated heterocycles. The van der Waals surface area contributed by atoms with E-state index in [1.807, 2.05) is 83.9 Å². The van der Waals surface area contributed by atoms with Crippen LogP contribution in [0.2, 0.25) is 5.02 Å². The van der Waals surface area contributed by atoms with Gasteiger partial charge in [0.25, 0.3) is 5.56 Å². The van der Waals surface area contributed by atoms with Gasteiger partial charge in [0.15, 0.2) is 0 Å². The number of aromatic nitrogens is 1. The SMILES string of the molecule is Cn1c(=O)c(C2=NN(c3ccccc3)[C@H](c3ccc(Cl)cc3)C2)c(O)c2ccccc21. The van der Waals surface area contributed by atoms with Crippen molar-refractivity contribution in [2.24, 2.45) is 12.1 Å². The quantitative estimate of drug-likeness (QED) is 0.483. The van der Waals surface area contributed by atoms with Gasteiger partial charge >= 0.3 is 0 Å². The van der Waals surface area contributed by atoms with Crippen molar-refractivity contribution in [3.63, 3.8) is 0 Å². The number of hydrazone groups is 1. The number of halogens is 1. The second-order valence-corrected chi connectivity index (χ2v) is 8.04. The van der Waals surface area contributed by atoms with Crippen LogP contribution in [0.25, 0.3) is 10.9 Å². The molecule has 1 aromatic heterocycles. The number of para-hydroxylation sites is 2. The van der Waals surface area contributed by atoms with E-state index in [1.165, 1.54) is 0 Å². The van der Waals surface area contributed by atoms with Crippen molar-refractivity contribution in [3.05, 3.63) is 105 Å². The molecule has 0 amide bonds. The van der Waals surface area contributed by atoms with E-state index in [0.29, 0.717) is 28.1 Å². The summed E-state index contributed by atoms with van der Waals surface area (Å²) in [5, 5.41) is 19.1. The second-order valence-electron chi connectivity index (χ2n) is 7.60. The summed E-state index contributed by atoms with van der Waals surface area (Å²) in [4.78, 5) is 13.2. The molecule has 5 rings (SSSR count). The van der Waals surface area contributed by atoms with Gasteiger partial charge in [0.05, 0.1) is 23.0 Å². The minimum absolute atomic E-state index is 0.0257. The van der Waals surface area contributed by atoms with Crippen molar-refractivity contribution in [2.45, 2.75) is 12.5 Å². The molecule has 1 N–H and O–H groups in total. The van der Waals surface area contributed by atoms with E-state index < -0.39 is 0 Å². The average molecular weight is 430 g/mol. The highest BCUT2D eigenvalue weighted by molar-refractivity contribution is 6.30. The second kappa shape index (κ2) is 7.60. The zero-order valence-electron chi connectivity index (χ0n) is 16.9. The molecule has 0 unspecified atom stereocenters. The van der Waals surface area contributed by atoms with Crippen LogP contribution < -0.4 is 10.6 Å². The Morgan fingerprint density at radius 3 is 2.39 bits per heavy atom. The van der Waals surface area contributed by atoms with Crippen molar-refractivity contribution in [3.8, 4) is 5.75 Å². The van der Waals surface area contributed by atoms with Crippen LogP contribution in [0.1, 0.15) is 23.6 Å². The van der Waals surface area contributed by atoms with Gasteiger partial charge in [-0.15, -0.1) is 0 Å². The van der Waals surface area contributed by atoms with Gasteiger partial charge in [0.1, 0.15) is 11.3 Å². The van der Waals surface area contributed by atoms with Crippen LogP contribution in [0.3, 0.4) is 0 Å². The fraction of sp³-hybridized carbons (Fsp3) is 0.120. The number of anilines is 1. The average Bonchev–Trinajstić information content (AvgIpc) is 3.24. The molecule has 0 saturated carbocycles. The Kier molecular flexibility index (Phi) is 4.75.